The topological polar surface area (TPSA) is 89.5 Å². The van der Waals surface area contributed by atoms with Gasteiger partial charge >= 0.3 is 5.97 Å². The zero-order valence-electron chi connectivity index (χ0n) is 15.0. The molecule has 28 heavy (non-hydrogen) atoms. The molecule has 1 fully saturated rings. The van der Waals surface area contributed by atoms with Gasteiger partial charge in [0.25, 0.3) is 5.91 Å². The maximum atomic E-state index is 13.0. The van der Waals surface area contributed by atoms with Gasteiger partial charge in [-0.15, -0.1) is 0 Å². The van der Waals surface area contributed by atoms with Crippen LogP contribution in [0.5, 0.6) is 0 Å². The minimum atomic E-state index is -3.10. The molecule has 2 atom stereocenters. The predicted molar refractivity (Wildman–Crippen MR) is 102 cm³/mol. The fourth-order valence-corrected chi connectivity index (χ4v) is 4.95. The first-order valence-electron chi connectivity index (χ1n) is 8.84. The number of rotatable bonds is 6. The van der Waals surface area contributed by atoms with E-state index >= 15 is 0 Å². The lowest BCUT2D eigenvalue weighted by atomic mass is 10.1. The Hall–Kier alpha value is -2.74. The van der Waals surface area contributed by atoms with Crippen molar-refractivity contribution in [3.8, 4) is 0 Å². The molecule has 2 aromatic rings. The lowest BCUT2D eigenvalue weighted by Gasteiger charge is -2.19. The van der Waals surface area contributed by atoms with Gasteiger partial charge < -0.3 is 10.1 Å². The van der Waals surface area contributed by atoms with Crippen LogP contribution < -0.4 is 5.32 Å². The van der Waals surface area contributed by atoms with Gasteiger partial charge in [0, 0.05) is 17.7 Å². The summed E-state index contributed by atoms with van der Waals surface area (Å²) >= 11 is 0. The SMILES string of the molecule is O=C(CC1CCS(=O)(=O)C1)OC(C(=O)Nc1ccc(F)cc1)c1ccccc1. The molecule has 1 saturated heterocycles. The molecule has 2 unspecified atom stereocenters. The number of anilines is 1. The van der Waals surface area contributed by atoms with Crippen molar-refractivity contribution in [2.24, 2.45) is 5.92 Å². The molecule has 1 N–H and O–H groups in total. The summed E-state index contributed by atoms with van der Waals surface area (Å²) in [6.07, 6.45) is -0.849. The Bertz CT molecular complexity index is 944. The van der Waals surface area contributed by atoms with Crippen molar-refractivity contribution < 1.29 is 27.1 Å². The van der Waals surface area contributed by atoms with Crippen LogP contribution in [0.15, 0.2) is 54.6 Å². The Labute approximate surface area is 162 Å². The van der Waals surface area contributed by atoms with Crippen LogP contribution >= 0.6 is 0 Å². The average Bonchev–Trinajstić information content (AvgIpc) is 3.00. The number of ether oxygens (including phenoxy) is 1. The summed E-state index contributed by atoms with van der Waals surface area (Å²) in [7, 11) is -3.10. The van der Waals surface area contributed by atoms with Crippen LogP contribution in [0.1, 0.15) is 24.5 Å². The van der Waals surface area contributed by atoms with E-state index in [1.807, 2.05) is 0 Å². The van der Waals surface area contributed by atoms with Crippen LogP contribution in [0.25, 0.3) is 0 Å². The molecule has 8 heteroatoms. The van der Waals surface area contributed by atoms with E-state index in [-0.39, 0.29) is 23.8 Å². The molecule has 0 aliphatic carbocycles. The third-order valence-electron chi connectivity index (χ3n) is 4.48. The highest BCUT2D eigenvalue weighted by molar-refractivity contribution is 7.91. The number of sulfone groups is 1. The summed E-state index contributed by atoms with van der Waals surface area (Å²) in [6, 6.07) is 13.7. The number of benzene rings is 2. The van der Waals surface area contributed by atoms with Crippen LogP contribution in [0.2, 0.25) is 0 Å². The molecule has 148 valence electrons. The first-order chi connectivity index (χ1) is 13.3. The quantitative estimate of drug-likeness (QED) is 0.747. The molecular weight excluding hydrogens is 385 g/mol. The number of nitrogens with one attached hydrogen (secondary N) is 1. The van der Waals surface area contributed by atoms with Gasteiger partial charge in [0.15, 0.2) is 9.84 Å². The Kier molecular flexibility index (Phi) is 6.08. The number of carbonyl (C=O) groups is 2. The Morgan fingerprint density at radius 1 is 1.11 bits per heavy atom. The minimum Gasteiger partial charge on any atom is -0.447 e. The maximum Gasteiger partial charge on any atom is 0.307 e. The summed E-state index contributed by atoms with van der Waals surface area (Å²) < 4.78 is 41.6. The molecule has 1 amide bonds. The molecule has 2 aromatic carbocycles. The molecule has 0 radical (unpaired) electrons. The van der Waals surface area contributed by atoms with Crippen molar-refractivity contribution >= 4 is 27.4 Å². The first kappa shape index (κ1) is 20.0. The smallest absolute Gasteiger partial charge is 0.307 e. The number of halogens is 1. The van der Waals surface area contributed by atoms with E-state index in [4.69, 9.17) is 4.74 Å². The van der Waals surface area contributed by atoms with Crippen molar-refractivity contribution in [1.29, 1.82) is 0 Å². The van der Waals surface area contributed by atoms with Crippen molar-refractivity contribution in [3.63, 3.8) is 0 Å². The minimum absolute atomic E-state index is 0.0418. The molecule has 0 spiro atoms. The fraction of sp³-hybridized carbons (Fsp3) is 0.300. The van der Waals surface area contributed by atoms with E-state index in [9.17, 15) is 22.4 Å². The van der Waals surface area contributed by atoms with E-state index in [2.05, 4.69) is 5.32 Å². The highest BCUT2D eigenvalue weighted by Gasteiger charge is 2.32. The lowest BCUT2D eigenvalue weighted by Crippen LogP contribution is -2.26. The van der Waals surface area contributed by atoms with Gasteiger partial charge in [0.05, 0.1) is 11.5 Å². The monoisotopic (exact) mass is 405 g/mol. The van der Waals surface area contributed by atoms with Gasteiger partial charge in [0.1, 0.15) is 5.82 Å². The van der Waals surface area contributed by atoms with Gasteiger partial charge in [-0.25, -0.2) is 12.8 Å². The van der Waals surface area contributed by atoms with Gasteiger partial charge in [-0.05, 0) is 36.6 Å². The van der Waals surface area contributed by atoms with E-state index in [0.29, 0.717) is 17.7 Å². The molecule has 0 saturated carbocycles. The summed E-state index contributed by atoms with van der Waals surface area (Å²) in [5, 5.41) is 2.60. The van der Waals surface area contributed by atoms with Gasteiger partial charge in [-0.2, -0.15) is 0 Å². The predicted octanol–water partition coefficient (Wildman–Crippen LogP) is 2.87. The zero-order chi connectivity index (χ0) is 20.1. The first-order valence-corrected chi connectivity index (χ1v) is 10.7. The van der Waals surface area contributed by atoms with Crippen LogP contribution in [0, 0.1) is 11.7 Å². The molecule has 0 bridgehead atoms. The number of amides is 1. The van der Waals surface area contributed by atoms with Gasteiger partial charge in [-0.3, -0.25) is 9.59 Å². The Balaban J connectivity index is 1.71. The molecular formula is C20H20FNO5S. The van der Waals surface area contributed by atoms with Gasteiger partial charge in [-0.1, -0.05) is 30.3 Å². The summed E-state index contributed by atoms with van der Waals surface area (Å²) in [5.41, 5.74) is 0.847. The van der Waals surface area contributed by atoms with E-state index in [1.165, 1.54) is 24.3 Å². The molecule has 0 aromatic heterocycles. The van der Waals surface area contributed by atoms with E-state index in [0.717, 1.165) is 0 Å². The standard InChI is InChI=1S/C20H20FNO5S/c21-16-6-8-17(9-7-16)22-20(24)19(15-4-2-1-3-5-15)27-18(23)12-14-10-11-28(25,26)13-14/h1-9,14,19H,10-13H2,(H,22,24). The van der Waals surface area contributed by atoms with Crippen LogP contribution in [0.3, 0.4) is 0 Å². The highest BCUT2D eigenvalue weighted by Crippen LogP contribution is 2.25. The van der Waals surface area contributed by atoms with Crippen LogP contribution in [-0.4, -0.2) is 31.8 Å². The molecule has 1 aliphatic rings. The summed E-state index contributed by atoms with van der Waals surface area (Å²) in [4.78, 5) is 25.0. The number of hydrogen-bond donors (Lipinski definition) is 1. The third kappa shape index (κ3) is 5.39. The fourth-order valence-electron chi connectivity index (χ4n) is 3.09. The molecule has 6 nitrogen and oxygen atoms in total. The van der Waals surface area contributed by atoms with Crippen molar-refractivity contribution in [3.05, 3.63) is 66.0 Å². The second-order valence-electron chi connectivity index (χ2n) is 6.75. The lowest BCUT2D eigenvalue weighted by molar-refractivity contribution is -0.155. The zero-order valence-corrected chi connectivity index (χ0v) is 15.8. The molecule has 1 heterocycles. The van der Waals surface area contributed by atoms with Crippen molar-refractivity contribution in [2.45, 2.75) is 18.9 Å². The van der Waals surface area contributed by atoms with E-state index < -0.39 is 33.6 Å². The van der Waals surface area contributed by atoms with E-state index in [1.54, 1.807) is 30.3 Å². The second kappa shape index (κ2) is 8.52. The van der Waals surface area contributed by atoms with Crippen LogP contribution in [-0.2, 0) is 24.2 Å². The van der Waals surface area contributed by atoms with Crippen molar-refractivity contribution in [2.75, 3.05) is 16.8 Å². The Morgan fingerprint density at radius 3 is 2.39 bits per heavy atom. The average molecular weight is 405 g/mol. The Morgan fingerprint density at radius 2 is 1.79 bits per heavy atom. The summed E-state index contributed by atoms with van der Waals surface area (Å²) in [6.45, 7) is 0. The number of esters is 1. The normalized spacial score (nSPS) is 19.0. The largest absolute Gasteiger partial charge is 0.447 e. The van der Waals surface area contributed by atoms with Crippen molar-refractivity contribution in [1.82, 2.24) is 0 Å². The summed E-state index contributed by atoms with van der Waals surface area (Å²) in [5.74, 6) is -1.92. The second-order valence-corrected chi connectivity index (χ2v) is 8.98. The number of hydrogen-bond acceptors (Lipinski definition) is 5. The van der Waals surface area contributed by atoms with Crippen LogP contribution in [0.4, 0.5) is 10.1 Å². The molecule has 3 rings (SSSR count). The van der Waals surface area contributed by atoms with Gasteiger partial charge in [0.2, 0.25) is 6.10 Å². The third-order valence-corrected chi connectivity index (χ3v) is 6.32. The molecule has 1 aliphatic heterocycles. The maximum absolute atomic E-state index is 13.0. The number of carbonyl (C=O) groups excluding carboxylic acids is 2. The highest BCUT2D eigenvalue weighted by atomic mass is 32.2.